The van der Waals surface area contributed by atoms with Crippen LogP contribution in [0.4, 0.5) is 0 Å². The minimum absolute atomic E-state index is 0.0709. The molecule has 6 nitrogen and oxygen atoms in total. The van der Waals surface area contributed by atoms with Gasteiger partial charge in [0.05, 0.1) is 0 Å². The maximum atomic E-state index is 12.9. The van der Waals surface area contributed by atoms with E-state index in [0.717, 1.165) is 70.6 Å². The normalized spacial score (nSPS) is 12.3. The summed E-state index contributed by atoms with van der Waals surface area (Å²) in [6.07, 6.45) is 79.9. The molecule has 0 aromatic carbocycles. The monoisotopic (exact) mass is 1050 g/mol. The molecule has 6 heteroatoms. The van der Waals surface area contributed by atoms with Crippen molar-refractivity contribution >= 4 is 17.9 Å². The largest absolute Gasteiger partial charge is 0.462 e. The summed E-state index contributed by atoms with van der Waals surface area (Å²) >= 11 is 0. The van der Waals surface area contributed by atoms with Gasteiger partial charge in [-0.25, -0.2) is 0 Å². The molecule has 0 amide bonds. The maximum absolute atomic E-state index is 12.9. The number of unbranched alkanes of at least 4 members (excludes halogenated alkanes) is 42. The van der Waals surface area contributed by atoms with Crippen molar-refractivity contribution < 1.29 is 28.6 Å². The van der Waals surface area contributed by atoms with Crippen LogP contribution in [0.5, 0.6) is 0 Å². The van der Waals surface area contributed by atoms with Gasteiger partial charge in [0.1, 0.15) is 13.2 Å². The Bertz CT molecular complexity index is 1300. The van der Waals surface area contributed by atoms with Gasteiger partial charge in [0.15, 0.2) is 6.10 Å². The van der Waals surface area contributed by atoms with Gasteiger partial charge in [-0.1, -0.05) is 301 Å². The lowest BCUT2D eigenvalue weighted by molar-refractivity contribution is -0.167. The summed E-state index contributed by atoms with van der Waals surface area (Å²) in [5, 5.41) is 0. The van der Waals surface area contributed by atoms with Crippen LogP contribution in [0.3, 0.4) is 0 Å². The maximum Gasteiger partial charge on any atom is 0.306 e. The van der Waals surface area contributed by atoms with E-state index in [1.54, 1.807) is 0 Å². The standard InChI is InChI=1S/C69H126O6/c1-4-7-10-13-16-19-21-23-25-27-29-31-32-33-34-35-36-38-39-41-43-45-47-50-53-56-59-62-68(71)74-65-66(64-73-67(70)61-58-55-52-49-18-15-12-9-6-3)75-69(72)63-60-57-54-51-48-46-44-42-40-37-30-28-26-24-22-20-17-14-11-8-5-2/h21-24,27-30,66H,4-20,25-26,31-65H2,1-3H3/b23-21-,24-22-,29-27-,30-28-. The molecule has 0 fully saturated rings. The number of ether oxygens (including phenoxy) is 3. The SMILES string of the molecule is CCCCCCC/C=C\C/C=C\CCCCCCCCCCCCCCCCCC(=O)OCC(COC(=O)CCCCCCCCCCC)OC(=O)CCCCCCCCCCC/C=C\C/C=C\CCCCCCC. The Morgan fingerprint density at radius 2 is 0.480 bits per heavy atom. The lowest BCUT2D eigenvalue weighted by atomic mass is 10.0. The second-order valence-corrected chi connectivity index (χ2v) is 22.4. The number of carbonyl (C=O) groups is 3. The molecule has 0 aromatic heterocycles. The minimum atomic E-state index is -0.772. The van der Waals surface area contributed by atoms with Gasteiger partial charge in [0.25, 0.3) is 0 Å². The smallest absolute Gasteiger partial charge is 0.306 e. The van der Waals surface area contributed by atoms with Crippen LogP contribution in [0, 0.1) is 0 Å². The van der Waals surface area contributed by atoms with Crippen LogP contribution in [0.1, 0.15) is 355 Å². The quantitative estimate of drug-likeness (QED) is 0.0261. The van der Waals surface area contributed by atoms with Crippen LogP contribution in [-0.2, 0) is 28.6 Å². The Morgan fingerprint density at radius 3 is 0.733 bits per heavy atom. The van der Waals surface area contributed by atoms with Crippen molar-refractivity contribution in [2.75, 3.05) is 13.2 Å². The van der Waals surface area contributed by atoms with E-state index in [1.165, 1.54) is 244 Å². The predicted molar refractivity (Wildman–Crippen MR) is 325 cm³/mol. The van der Waals surface area contributed by atoms with Crippen molar-refractivity contribution in [3.05, 3.63) is 48.6 Å². The van der Waals surface area contributed by atoms with Gasteiger partial charge >= 0.3 is 17.9 Å². The number of hydrogen-bond acceptors (Lipinski definition) is 6. The summed E-state index contributed by atoms with van der Waals surface area (Å²) in [6, 6.07) is 0. The molecule has 0 heterocycles. The predicted octanol–water partition coefficient (Wildman–Crippen LogP) is 22.6. The molecule has 0 saturated heterocycles. The van der Waals surface area contributed by atoms with Crippen LogP contribution in [0.15, 0.2) is 48.6 Å². The molecule has 1 unspecified atom stereocenters. The number of allylic oxidation sites excluding steroid dienone is 8. The Hall–Kier alpha value is -2.63. The first-order valence-corrected chi connectivity index (χ1v) is 33.1. The molecule has 0 aliphatic rings. The molecule has 0 aromatic rings. The number of carbonyl (C=O) groups excluding carboxylic acids is 3. The van der Waals surface area contributed by atoms with Crippen LogP contribution in [-0.4, -0.2) is 37.2 Å². The highest BCUT2D eigenvalue weighted by molar-refractivity contribution is 5.71. The minimum Gasteiger partial charge on any atom is -0.462 e. The van der Waals surface area contributed by atoms with E-state index < -0.39 is 6.10 Å². The van der Waals surface area contributed by atoms with E-state index >= 15 is 0 Å². The summed E-state index contributed by atoms with van der Waals surface area (Å²) in [4.78, 5) is 38.2. The first kappa shape index (κ1) is 72.4. The Morgan fingerprint density at radius 1 is 0.267 bits per heavy atom. The van der Waals surface area contributed by atoms with Crippen LogP contribution in [0.25, 0.3) is 0 Å². The van der Waals surface area contributed by atoms with E-state index in [-0.39, 0.29) is 31.1 Å². The number of esters is 3. The van der Waals surface area contributed by atoms with E-state index in [2.05, 4.69) is 69.4 Å². The lowest BCUT2D eigenvalue weighted by Gasteiger charge is -2.18. The molecule has 0 aliphatic carbocycles. The lowest BCUT2D eigenvalue weighted by Crippen LogP contribution is -2.30. The van der Waals surface area contributed by atoms with Crippen LogP contribution < -0.4 is 0 Å². The summed E-state index contributed by atoms with van der Waals surface area (Å²) in [5.74, 6) is -0.858. The summed E-state index contributed by atoms with van der Waals surface area (Å²) in [5.41, 5.74) is 0. The average molecular weight is 1050 g/mol. The zero-order valence-corrected chi connectivity index (χ0v) is 50.3. The van der Waals surface area contributed by atoms with E-state index in [4.69, 9.17) is 14.2 Å². The van der Waals surface area contributed by atoms with E-state index in [9.17, 15) is 14.4 Å². The highest BCUT2D eigenvalue weighted by Crippen LogP contribution is 2.17. The molecule has 0 bridgehead atoms. The van der Waals surface area contributed by atoms with Gasteiger partial charge in [0.2, 0.25) is 0 Å². The Balaban J connectivity index is 4.15. The molecule has 1 atom stereocenters. The molecular formula is C69H126O6. The molecule has 0 saturated carbocycles. The van der Waals surface area contributed by atoms with Crippen molar-refractivity contribution in [1.82, 2.24) is 0 Å². The highest BCUT2D eigenvalue weighted by atomic mass is 16.6. The highest BCUT2D eigenvalue weighted by Gasteiger charge is 2.19. The van der Waals surface area contributed by atoms with Crippen LogP contribution >= 0.6 is 0 Å². The summed E-state index contributed by atoms with van der Waals surface area (Å²) in [7, 11) is 0. The summed E-state index contributed by atoms with van der Waals surface area (Å²) < 4.78 is 16.9. The second kappa shape index (κ2) is 63.9. The van der Waals surface area contributed by atoms with Gasteiger partial charge < -0.3 is 14.2 Å². The fourth-order valence-corrected chi connectivity index (χ4v) is 9.80. The fourth-order valence-electron chi connectivity index (χ4n) is 9.80. The molecular weight excluding hydrogens is 925 g/mol. The van der Waals surface area contributed by atoms with Gasteiger partial charge in [-0.05, 0) is 83.5 Å². The van der Waals surface area contributed by atoms with Crippen LogP contribution in [0.2, 0.25) is 0 Å². The van der Waals surface area contributed by atoms with Crippen molar-refractivity contribution in [1.29, 1.82) is 0 Å². The molecule has 438 valence electrons. The van der Waals surface area contributed by atoms with Crippen molar-refractivity contribution in [3.63, 3.8) is 0 Å². The Kier molecular flexibility index (Phi) is 61.7. The fraction of sp³-hybridized carbons (Fsp3) is 0.841. The molecule has 75 heavy (non-hydrogen) atoms. The van der Waals surface area contributed by atoms with Crippen molar-refractivity contribution in [3.8, 4) is 0 Å². The first-order valence-electron chi connectivity index (χ1n) is 33.1. The van der Waals surface area contributed by atoms with E-state index in [1.807, 2.05) is 0 Å². The first-order chi connectivity index (χ1) is 37.0. The topological polar surface area (TPSA) is 78.9 Å². The zero-order chi connectivity index (χ0) is 54.3. The average Bonchev–Trinajstić information content (AvgIpc) is 3.41. The molecule has 0 aliphatic heterocycles. The van der Waals surface area contributed by atoms with Gasteiger partial charge in [-0.3, -0.25) is 14.4 Å². The third-order valence-electron chi connectivity index (χ3n) is 14.8. The number of rotatable bonds is 61. The van der Waals surface area contributed by atoms with Crippen molar-refractivity contribution in [2.24, 2.45) is 0 Å². The zero-order valence-electron chi connectivity index (χ0n) is 50.3. The Labute approximate surface area is 467 Å². The third kappa shape index (κ3) is 62.1. The molecule has 0 spiro atoms. The molecule has 0 N–H and O–H groups in total. The second-order valence-electron chi connectivity index (χ2n) is 22.4. The molecule has 0 rings (SSSR count). The third-order valence-corrected chi connectivity index (χ3v) is 14.8. The van der Waals surface area contributed by atoms with Gasteiger partial charge in [0, 0.05) is 19.3 Å². The van der Waals surface area contributed by atoms with Gasteiger partial charge in [-0.15, -0.1) is 0 Å². The van der Waals surface area contributed by atoms with E-state index in [0.29, 0.717) is 19.3 Å². The van der Waals surface area contributed by atoms with Gasteiger partial charge in [-0.2, -0.15) is 0 Å². The summed E-state index contributed by atoms with van der Waals surface area (Å²) in [6.45, 7) is 6.65. The van der Waals surface area contributed by atoms with Crippen molar-refractivity contribution in [2.45, 2.75) is 361 Å². The molecule has 0 radical (unpaired) electrons. The number of hydrogen-bond donors (Lipinski definition) is 0.